The number of benzene rings is 1. The Labute approximate surface area is 110 Å². The Morgan fingerprint density at radius 3 is 2.79 bits per heavy atom. The first-order valence-electron chi connectivity index (χ1n) is 5.58. The first kappa shape index (κ1) is 12.7. The molecule has 7 heteroatoms. The number of methoxy groups -OCH3 is 1. The van der Waals surface area contributed by atoms with Crippen LogP contribution in [0.15, 0.2) is 47.2 Å². The van der Waals surface area contributed by atoms with Gasteiger partial charge in [0.2, 0.25) is 5.90 Å². The number of allylic oxidation sites excluding steroid dienone is 1. The van der Waals surface area contributed by atoms with Crippen LogP contribution >= 0.6 is 0 Å². The van der Waals surface area contributed by atoms with E-state index in [4.69, 9.17) is 9.47 Å². The van der Waals surface area contributed by atoms with Gasteiger partial charge in [-0.25, -0.2) is 4.79 Å². The third-order valence-corrected chi connectivity index (χ3v) is 2.18. The second kappa shape index (κ2) is 5.76. The molecule has 0 aliphatic carbocycles. The first-order chi connectivity index (χ1) is 9.17. The van der Waals surface area contributed by atoms with Crippen molar-refractivity contribution in [3.05, 3.63) is 42.1 Å². The Hall–Kier alpha value is -2.70. The smallest absolute Gasteiger partial charge is 0.434 e. The summed E-state index contributed by atoms with van der Waals surface area (Å²) in [5.74, 6) is 0.816. The molecule has 1 aromatic rings. The number of hydrogen-bond donors (Lipinski definition) is 2. The number of nitrogens with one attached hydrogen (secondary N) is 2. The molecular weight excluding hydrogens is 248 g/mol. The fourth-order valence-corrected chi connectivity index (χ4v) is 1.39. The minimum Gasteiger partial charge on any atom is -0.480 e. The highest BCUT2D eigenvalue weighted by atomic mass is 16.6. The molecule has 0 bridgehead atoms. The fourth-order valence-electron chi connectivity index (χ4n) is 1.39. The Kier molecular flexibility index (Phi) is 3.87. The van der Waals surface area contributed by atoms with Gasteiger partial charge >= 0.3 is 6.09 Å². The minimum absolute atomic E-state index is 0.372. The summed E-state index contributed by atoms with van der Waals surface area (Å²) in [4.78, 5) is 11.6. The summed E-state index contributed by atoms with van der Waals surface area (Å²) in [6, 6.07) is 8.74. The normalized spacial score (nSPS) is 13.9. The molecule has 0 aromatic heterocycles. The summed E-state index contributed by atoms with van der Waals surface area (Å²) in [5.41, 5.74) is 6.00. The number of rotatable bonds is 2. The molecule has 2 rings (SSSR count). The molecule has 1 heterocycles. The van der Waals surface area contributed by atoms with Crippen LogP contribution in [-0.2, 0) is 4.74 Å². The minimum atomic E-state index is -0.660. The van der Waals surface area contributed by atoms with E-state index >= 15 is 0 Å². The Balaban J connectivity index is 1.93. The van der Waals surface area contributed by atoms with Crippen molar-refractivity contribution < 1.29 is 14.3 Å². The van der Waals surface area contributed by atoms with Crippen molar-refractivity contribution in [2.75, 3.05) is 7.11 Å². The van der Waals surface area contributed by atoms with E-state index in [-0.39, 0.29) is 0 Å². The SMILES string of the molecule is COC1=NN(NC(=O)Oc2ccccc2)NC(C)=C1. The molecule has 0 unspecified atom stereocenters. The second-order valence-electron chi connectivity index (χ2n) is 3.71. The molecule has 1 aromatic carbocycles. The van der Waals surface area contributed by atoms with E-state index in [1.807, 2.05) is 13.0 Å². The number of amides is 1. The number of hydrogen-bond acceptors (Lipinski definition) is 6. The van der Waals surface area contributed by atoms with Crippen LogP contribution < -0.4 is 15.6 Å². The molecule has 19 heavy (non-hydrogen) atoms. The molecular formula is C12H14N4O3. The van der Waals surface area contributed by atoms with Gasteiger partial charge in [0.25, 0.3) is 0 Å². The van der Waals surface area contributed by atoms with E-state index in [2.05, 4.69) is 16.0 Å². The van der Waals surface area contributed by atoms with E-state index in [0.717, 1.165) is 10.9 Å². The Morgan fingerprint density at radius 1 is 1.37 bits per heavy atom. The summed E-state index contributed by atoms with van der Waals surface area (Å²) in [6.45, 7) is 1.81. The highest BCUT2D eigenvalue weighted by Crippen LogP contribution is 2.08. The van der Waals surface area contributed by atoms with Gasteiger partial charge < -0.3 is 9.47 Å². The Bertz CT molecular complexity index is 513. The molecule has 1 aliphatic heterocycles. The third kappa shape index (κ3) is 3.63. The van der Waals surface area contributed by atoms with Crippen molar-refractivity contribution in [1.29, 1.82) is 0 Å². The van der Waals surface area contributed by atoms with Gasteiger partial charge in [0.05, 0.1) is 7.11 Å². The quantitative estimate of drug-likeness (QED) is 0.842. The van der Waals surface area contributed by atoms with Gasteiger partial charge in [0, 0.05) is 11.8 Å². The predicted molar refractivity (Wildman–Crippen MR) is 68.8 cm³/mol. The standard InChI is InChI=1S/C12H14N4O3/c1-9-8-11(18-2)14-16(13-9)15-12(17)19-10-6-4-3-5-7-10/h3-8,13H,1-2H3,(H,15,17). The third-order valence-electron chi connectivity index (χ3n) is 2.18. The van der Waals surface area contributed by atoms with Gasteiger partial charge in [-0.15, -0.1) is 5.23 Å². The van der Waals surface area contributed by atoms with E-state index in [1.54, 1.807) is 30.3 Å². The number of carbonyl (C=O) groups is 1. The predicted octanol–water partition coefficient (Wildman–Crippen LogP) is 1.37. The lowest BCUT2D eigenvalue weighted by Gasteiger charge is -2.24. The lowest BCUT2D eigenvalue weighted by Crippen LogP contribution is -2.49. The molecule has 0 spiro atoms. The largest absolute Gasteiger partial charge is 0.480 e. The van der Waals surface area contributed by atoms with Gasteiger partial charge in [-0.2, -0.15) is 5.43 Å². The summed E-state index contributed by atoms with van der Waals surface area (Å²) in [6.07, 6.45) is 1.04. The van der Waals surface area contributed by atoms with Crippen LogP contribution in [0.5, 0.6) is 5.75 Å². The topological polar surface area (TPSA) is 75.2 Å². The maximum Gasteiger partial charge on any atom is 0.434 e. The highest BCUT2D eigenvalue weighted by Gasteiger charge is 2.14. The van der Waals surface area contributed by atoms with Gasteiger partial charge in [0.1, 0.15) is 5.75 Å². The molecule has 0 fully saturated rings. The number of nitrogens with zero attached hydrogens (tertiary/aromatic N) is 2. The zero-order valence-corrected chi connectivity index (χ0v) is 10.6. The van der Waals surface area contributed by atoms with Crippen LogP contribution in [0, 0.1) is 0 Å². The van der Waals surface area contributed by atoms with Crippen LogP contribution in [0.1, 0.15) is 6.92 Å². The zero-order valence-electron chi connectivity index (χ0n) is 10.6. The molecule has 7 nitrogen and oxygen atoms in total. The number of carbonyl (C=O) groups excluding carboxylic acids is 1. The highest BCUT2D eigenvalue weighted by molar-refractivity contribution is 5.88. The molecule has 100 valence electrons. The maximum absolute atomic E-state index is 11.6. The number of hydrazine groups is 2. The van der Waals surface area contributed by atoms with Gasteiger partial charge in [-0.3, -0.25) is 5.43 Å². The number of ether oxygens (including phenoxy) is 2. The van der Waals surface area contributed by atoms with Crippen LogP contribution in [0.4, 0.5) is 4.79 Å². The average Bonchev–Trinajstić information content (AvgIpc) is 2.38. The summed E-state index contributed by atoms with van der Waals surface area (Å²) in [7, 11) is 1.49. The monoisotopic (exact) mass is 262 g/mol. The van der Waals surface area contributed by atoms with Gasteiger partial charge in [0.15, 0.2) is 0 Å². The van der Waals surface area contributed by atoms with E-state index in [1.165, 1.54) is 7.11 Å². The summed E-state index contributed by atoms with van der Waals surface area (Å²) in [5, 5.41) is 5.09. The lowest BCUT2D eigenvalue weighted by molar-refractivity contribution is 0.113. The van der Waals surface area contributed by atoms with Crippen LogP contribution in [0.25, 0.3) is 0 Å². The fraction of sp³-hybridized carbons (Fsp3) is 0.167. The van der Waals surface area contributed by atoms with Crippen molar-refractivity contribution in [3.8, 4) is 5.75 Å². The maximum atomic E-state index is 11.6. The molecule has 0 atom stereocenters. The van der Waals surface area contributed by atoms with E-state index in [0.29, 0.717) is 11.6 Å². The van der Waals surface area contributed by atoms with Crippen LogP contribution in [-0.4, -0.2) is 24.3 Å². The Morgan fingerprint density at radius 2 is 2.11 bits per heavy atom. The van der Waals surface area contributed by atoms with Gasteiger partial charge in [-0.05, 0) is 19.1 Å². The first-order valence-corrected chi connectivity index (χ1v) is 5.58. The number of hydrazone groups is 1. The van der Waals surface area contributed by atoms with Crippen molar-refractivity contribution >= 4 is 12.0 Å². The molecule has 1 amide bonds. The second-order valence-corrected chi connectivity index (χ2v) is 3.71. The van der Waals surface area contributed by atoms with Crippen molar-refractivity contribution in [1.82, 2.24) is 16.1 Å². The lowest BCUT2D eigenvalue weighted by atomic mass is 10.3. The van der Waals surface area contributed by atoms with Crippen molar-refractivity contribution in [2.45, 2.75) is 6.92 Å². The molecule has 1 aliphatic rings. The molecule has 0 saturated carbocycles. The van der Waals surface area contributed by atoms with Gasteiger partial charge in [-0.1, -0.05) is 23.3 Å². The van der Waals surface area contributed by atoms with Crippen molar-refractivity contribution in [3.63, 3.8) is 0 Å². The zero-order chi connectivity index (χ0) is 13.7. The van der Waals surface area contributed by atoms with Crippen LogP contribution in [0.3, 0.4) is 0 Å². The molecule has 0 saturated heterocycles. The average molecular weight is 262 g/mol. The van der Waals surface area contributed by atoms with Crippen LogP contribution in [0.2, 0.25) is 0 Å². The van der Waals surface area contributed by atoms with Crippen molar-refractivity contribution in [2.24, 2.45) is 5.10 Å². The summed E-state index contributed by atoms with van der Waals surface area (Å²) < 4.78 is 10.1. The number of para-hydroxylation sites is 1. The summed E-state index contributed by atoms with van der Waals surface area (Å²) >= 11 is 0. The molecule has 2 N–H and O–H groups in total. The van der Waals surface area contributed by atoms with E-state index in [9.17, 15) is 4.79 Å². The van der Waals surface area contributed by atoms with E-state index < -0.39 is 6.09 Å². The molecule has 0 radical (unpaired) electrons.